The third kappa shape index (κ3) is 3.00. The minimum absolute atomic E-state index is 0.286. The van der Waals surface area contributed by atoms with E-state index in [0.717, 1.165) is 0 Å². The van der Waals surface area contributed by atoms with Crippen molar-refractivity contribution in [3.63, 3.8) is 0 Å². The van der Waals surface area contributed by atoms with Gasteiger partial charge in [0.15, 0.2) is 5.82 Å². The van der Waals surface area contributed by atoms with Gasteiger partial charge in [-0.05, 0) is 18.2 Å². The number of esters is 1. The largest absolute Gasteiger partial charge is 0.465 e. The Hall–Kier alpha value is -1.85. The van der Waals surface area contributed by atoms with Crippen LogP contribution in [0.3, 0.4) is 0 Å². The van der Waals surface area contributed by atoms with Crippen molar-refractivity contribution in [1.82, 2.24) is 9.97 Å². The Labute approximate surface area is 126 Å². The van der Waals surface area contributed by atoms with E-state index in [1.165, 1.54) is 13.3 Å². The van der Waals surface area contributed by atoms with E-state index < -0.39 is 5.97 Å². The zero-order valence-electron chi connectivity index (χ0n) is 10.8. The minimum atomic E-state index is -0.498. The third-order valence-corrected chi connectivity index (χ3v) is 3.19. The number of nitrogens with zero attached hydrogens (tertiary/aromatic N) is 3. The van der Waals surface area contributed by atoms with E-state index >= 15 is 0 Å². The zero-order valence-corrected chi connectivity index (χ0v) is 12.3. The number of aromatic nitrogens is 2. The molecular weight excluding hydrogens is 301 g/mol. The quantitative estimate of drug-likeness (QED) is 0.814. The van der Waals surface area contributed by atoms with Crippen LogP contribution in [0.5, 0.6) is 0 Å². The van der Waals surface area contributed by atoms with E-state index in [-0.39, 0.29) is 10.7 Å². The van der Waals surface area contributed by atoms with Crippen molar-refractivity contribution in [2.24, 2.45) is 0 Å². The third-order valence-electron chi connectivity index (χ3n) is 2.68. The van der Waals surface area contributed by atoms with Crippen LogP contribution in [-0.4, -0.2) is 30.1 Å². The molecule has 0 unspecified atom stereocenters. The predicted molar refractivity (Wildman–Crippen MR) is 77.9 cm³/mol. The highest BCUT2D eigenvalue weighted by Gasteiger charge is 2.14. The molecule has 0 aliphatic carbocycles. The van der Waals surface area contributed by atoms with Crippen molar-refractivity contribution < 1.29 is 9.53 Å². The fourth-order valence-corrected chi connectivity index (χ4v) is 1.95. The highest BCUT2D eigenvalue weighted by Crippen LogP contribution is 2.27. The second kappa shape index (κ2) is 6.07. The lowest BCUT2D eigenvalue weighted by molar-refractivity contribution is 0.0601. The first-order valence-corrected chi connectivity index (χ1v) is 6.37. The molecule has 1 aromatic heterocycles. The number of hydrogen-bond acceptors (Lipinski definition) is 5. The van der Waals surface area contributed by atoms with Crippen LogP contribution in [0, 0.1) is 0 Å². The number of halogens is 2. The molecule has 0 atom stereocenters. The van der Waals surface area contributed by atoms with Gasteiger partial charge in [-0.2, -0.15) is 0 Å². The van der Waals surface area contributed by atoms with Gasteiger partial charge >= 0.3 is 5.97 Å². The van der Waals surface area contributed by atoms with Crippen LogP contribution < -0.4 is 4.90 Å². The van der Waals surface area contributed by atoms with Crippen LogP contribution >= 0.6 is 23.2 Å². The molecule has 0 saturated carbocycles. The fourth-order valence-electron chi connectivity index (χ4n) is 1.61. The maximum Gasteiger partial charge on any atom is 0.339 e. The van der Waals surface area contributed by atoms with Crippen molar-refractivity contribution in [3.05, 3.63) is 46.3 Å². The van der Waals surface area contributed by atoms with Crippen LogP contribution in [0.25, 0.3) is 0 Å². The maximum absolute atomic E-state index is 11.6. The Kier molecular flexibility index (Phi) is 4.42. The summed E-state index contributed by atoms with van der Waals surface area (Å²) < 4.78 is 4.69. The molecule has 0 saturated heterocycles. The number of hydrogen-bond donors (Lipinski definition) is 0. The minimum Gasteiger partial charge on any atom is -0.465 e. The predicted octanol–water partition coefficient (Wildman–Crippen LogP) is 3.34. The zero-order chi connectivity index (χ0) is 14.7. The fraction of sp³-hybridized carbons (Fsp3) is 0.154. The van der Waals surface area contributed by atoms with Crippen molar-refractivity contribution in [1.29, 1.82) is 0 Å². The summed E-state index contributed by atoms with van der Waals surface area (Å²) in [6.45, 7) is 0. The van der Waals surface area contributed by atoms with Crippen molar-refractivity contribution in [3.8, 4) is 0 Å². The summed E-state index contributed by atoms with van der Waals surface area (Å²) in [5, 5.41) is 0.614. The van der Waals surface area contributed by atoms with E-state index in [0.29, 0.717) is 16.5 Å². The number of anilines is 2. The summed E-state index contributed by atoms with van der Waals surface area (Å²) in [6.07, 6.45) is 3.01. The lowest BCUT2D eigenvalue weighted by Crippen LogP contribution is -2.13. The van der Waals surface area contributed by atoms with Gasteiger partial charge in [0.1, 0.15) is 5.15 Å². The van der Waals surface area contributed by atoms with Crippen molar-refractivity contribution in [2.75, 3.05) is 19.1 Å². The Bertz CT molecular complexity index is 649. The van der Waals surface area contributed by atoms with Gasteiger partial charge in [-0.25, -0.2) is 9.78 Å². The van der Waals surface area contributed by atoms with Crippen molar-refractivity contribution in [2.45, 2.75) is 0 Å². The summed E-state index contributed by atoms with van der Waals surface area (Å²) in [6, 6.07) is 5.01. The van der Waals surface area contributed by atoms with Gasteiger partial charge < -0.3 is 9.64 Å². The Balaban J connectivity index is 2.40. The monoisotopic (exact) mass is 311 g/mol. The molecule has 0 radical (unpaired) electrons. The van der Waals surface area contributed by atoms with Gasteiger partial charge in [0.2, 0.25) is 0 Å². The van der Waals surface area contributed by atoms with E-state index in [2.05, 4.69) is 14.7 Å². The van der Waals surface area contributed by atoms with Crippen LogP contribution in [0.1, 0.15) is 10.4 Å². The number of methoxy groups -OCH3 is 1. The second-order valence-electron chi connectivity index (χ2n) is 3.91. The first-order chi connectivity index (χ1) is 9.52. The summed E-state index contributed by atoms with van der Waals surface area (Å²) >= 11 is 11.8. The average Bonchev–Trinajstić information content (AvgIpc) is 2.46. The van der Waals surface area contributed by atoms with E-state index in [1.54, 1.807) is 36.3 Å². The molecular formula is C13H11Cl2N3O2. The van der Waals surface area contributed by atoms with Gasteiger partial charge in [-0.15, -0.1) is 0 Å². The lowest BCUT2D eigenvalue weighted by atomic mass is 10.2. The molecule has 0 N–H and O–H groups in total. The Morgan fingerprint density at radius 3 is 2.70 bits per heavy atom. The number of ether oxygens (including phenoxy) is 1. The molecule has 0 aliphatic heterocycles. The van der Waals surface area contributed by atoms with E-state index in [4.69, 9.17) is 23.2 Å². The molecule has 1 aromatic carbocycles. The van der Waals surface area contributed by atoms with Crippen LogP contribution in [0.2, 0.25) is 10.2 Å². The highest BCUT2D eigenvalue weighted by molar-refractivity contribution is 6.33. The molecule has 0 bridgehead atoms. The summed E-state index contributed by atoms with van der Waals surface area (Å²) in [4.78, 5) is 21.5. The van der Waals surface area contributed by atoms with Crippen LogP contribution in [-0.2, 0) is 4.74 Å². The molecule has 0 fully saturated rings. The topological polar surface area (TPSA) is 55.3 Å². The smallest absolute Gasteiger partial charge is 0.339 e. The Morgan fingerprint density at radius 2 is 2.05 bits per heavy atom. The first-order valence-electron chi connectivity index (χ1n) is 5.62. The second-order valence-corrected chi connectivity index (χ2v) is 4.71. The molecule has 104 valence electrons. The van der Waals surface area contributed by atoms with Gasteiger partial charge in [-0.3, -0.25) is 4.98 Å². The van der Waals surface area contributed by atoms with Gasteiger partial charge in [0.25, 0.3) is 0 Å². The van der Waals surface area contributed by atoms with Gasteiger partial charge in [0, 0.05) is 12.7 Å². The van der Waals surface area contributed by atoms with Gasteiger partial charge in [-0.1, -0.05) is 23.2 Å². The molecule has 0 spiro atoms. The maximum atomic E-state index is 11.6. The van der Waals surface area contributed by atoms with Crippen LogP contribution in [0.15, 0.2) is 30.6 Å². The molecule has 20 heavy (non-hydrogen) atoms. The first kappa shape index (κ1) is 14.6. The summed E-state index contributed by atoms with van der Waals surface area (Å²) in [5.74, 6) is 0.0538. The highest BCUT2D eigenvalue weighted by atomic mass is 35.5. The number of benzene rings is 1. The summed E-state index contributed by atoms with van der Waals surface area (Å²) in [7, 11) is 3.09. The standard InChI is InChI=1S/C13H11Cl2N3O2/c1-18(12-7-16-6-11(15)17-12)8-3-4-10(14)9(5-8)13(19)20-2/h3-7H,1-2H3. The van der Waals surface area contributed by atoms with Crippen molar-refractivity contribution >= 4 is 40.7 Å². The number of carbonyl (C=O) groups is 1. The molecule has 0 amide bonds. The summed E-state index contributed by atoms with van der Waals surface area (Å²) in [5.41, 5.74) is 1.000. The Morgan fingerprint density at radius 1 is 1.30 bits per heavy atom. The molecule has 7 heteroatoms. The SMILES string of the molecule is COC(=O)c1cc(N(C)c2cncc(Cl)n2)ccc1Cl. The average molecular weight is 312 g/mol. The van der Waals surface area contributed by atoms with E-state index in [9.17, 15) is 4.79 Å². The molecule has 2 aromatic rings. The van der Waals surface area contributed by atoms with E-state index in [1.807, 2.05) is 0 Å². The molecule has 5 nitrogen and oxygen atoms in total. The number of carbonyl (C=O) groups excluding carboxylic acids is 1. The molecule has 0 aliphatic rings. The van der Waals surface area contributed by atoms with Crippen LogP contribution in [0.4, 0.5) is 11.5 Å². The molecule has 1 heterocycles. The number of rotatable bonds is 3. The van der Waals surface area contributed by atoms with Gasteiger partial charge in [0.05, 0.1) is 30.1 Å². The normalized spacial score (nSPS) is 10.2. The lowest BCUT2D eigenvalue weighted by Gasteiger charge is -2.18. The molecule has 2 rings (SSSR count).